The smallest absolute Gasteiger partial charge is 0.151 e. The van der Waals surface area contributed by atoms with Gasteiger partial charge in [-0.15, -0.1) is 0 Å². The molecule has 2 aromatic rings. The first-order chi connectivity index (χ1) is 9.77. The summed E-state index contributed by atoms with van der Waals surface area (Å²) in [4.78, 5) is 5.14. The molecule has 1 aromatic heterocycles. The summed E-state index contributed by atoms with van der Waals surface area (Å²) in [5.74, 6) is 0.635. The van der Waals surface area contributed by atoms with Crippen molar-refractivity contribution in [3.63, 3.8) is 0 Å². The van der Waals surface area contributed by atoms with Crippen molar-refractivity contribution in [3.8, 4) is 0 Å². The van der Waals surface area contributed by atoms with Crippen molar-refractivity contribution < 1.29 is 4.21 Å². The Balaban J connectivity index is 2.15. The van der Waals surface area contributed by atoms with Gasteiger partial charge in [-0.05, 0) is 48.6 Å². The largest absolute Gasteiger partial charge is 0.285 e. The first-order valence-electron chi connectivity index (χ1n) is 7.00. The molecule has 0 amide bonds. The molecule has 1 N–H and O–H groups in total. The lowest BCUT2D eigenvalue weighted by molar-refractivity contribution is 0.589. The number of pyridine rings is 1. The lowest BCUT2D eigenvalue weighted by atomic mass is 9.87. The molecule has 21 heavy (non-hydrogen) atoms. The number of hydrogen-bond donors (Lipinski definition) is 1. The van der Waals surface area contributed by atoms with E-state index in [1.165, 1.54) is 5.56 Å². The maximum Gasteiger partial charge on any atom is 0.151 e. The van der Waals surface area contributed by atoms with E-state index in [-0.39, 0.29) is 5.41 Å². The highest BCUT2D eigenvalue weighted by Gasteiger charge is 2.14. The average Bonchev–Trinajstić information content (AvgIpc) is 2.42. The summed E-state index contributed by atoms with van der Waals surface area (Å²) in [6.45, 7) is 10.4. The number of nitrogens with one attached hydrogen (secondary N) is 1. The molecule has 112 valence electrons. The predicted molar refractivity (Wildman–Crippen MR) is 88.9 cm³/mol. The van der Waals surface area contributed by atoms with Crippen LogP contribution in [0.1, 0.15) is 37.6 Å². The van der Waals surface area contributed by atoms with Crippen molar-refractivity contribution >= 4 is 16.8 Å². The van der Waals surface area contributed by atoms with E-state index in [2.05, 4.69) is 30.5 Å². The number of hydrogen-bond acceptors (Lipinski definition) is 2. The maximum atomic E-state index is 12.3. The number of anilines is 1. The SMILES string of the molecule is Cc1ccc(NS(=O)c2ccc(C(C)(C)C)cc2)nc1C. The van der Waals surface area contributed by atoms with Gasteiger partial charge in [0, 0.05) is 5.69 Å². The van der Waals surface area contributed by atoms with Crippen molar-refractivity contribution in [2.75, 3.05) is 4.72 Å². The first-order valence-corrected chi connectivity index (χ1v) is 8.15. The minimum Gasteiger partial charge on any atom is -0.285 e. The summed E-state index contributed by atoms with van der Waals surface area (Å²) in [5.41, 5.74) is 3.40. The van der Waals surface area contributed by atoms with Crippen LogP contribution < -0.4 is 4.72 Å². The average molecular weight is 302 g/mol. The van der Waals surface area contributed by atoms with Gasteiger partial charge in [0.15, 0.2) is 11.0 Å². The monoisotopic (exact) mass is 302 g/mol. The van der Waals surface area contributed by atoms with Gasteiger partial charge in [-0.1, -0.05) is 39.0 Å². The number of aromatic nitrogens is 1. The van der Waals surface area contributed by atoms with Gasteiger partial charge in [0.25, 0.3) is 0 Å². The van der Waals surface area contributed by atoms with Crippen LogP contribution in [0.25, 0.3) is 0 Å². The lowest BCUT2D eigenvalue weighted by Crippen LogP contribution is -2.12. The van der Waals surface area contributed by atoms with Gasteiger partial charge in [-0.3, -0.25) is 4.72 Å². The topological polar surface area (TPSA) is 42.0 Å². The highest BCUT2D eigenvalue weighted by molar-refractivity contribution is 7.86. The van der Waals surface area contributed by atoms with Crippen LogP contribution in [0.15, 0.2) is 41.3 Å². The second-order valence-electron chi connectivity index (χ2n) is 6.24. The fourth-order valence-electron chi connectivity index (χ4n) is 1.92. The fourth-order valence-corrected chi connectivity index (χ4v) is 2.72. The Labute approximate surface area is 129 Å². The molecule has 2 rings (SSSR count). The van der Waals surface area contributed by atoms with Gasteiger partial charge in [0.1, 0.15) is 5.82 Å². The molecule has 0 saturated heterocycles. The van der Waals surface area contributed by atoms with E-state index in [9.17, 15) is 4.21 Å². The summed E-state index contributed by atoms with van der Waals surface area (Å²) in [5, 5.41) is 0. The van der Waals surface area contributed by atoms with Crippen LogP contribution in [0.5, 0.6) is 0 Å². The highest BCUT2D eigenvalue weighted by Crippen LogP contribution is 2.23. The maximum absolute atomic E-state index is 12.3. The zero-order valence-electron chi connectivity index (χ0n) is 13.2. The number of benzene rings is 1. The minimum atomic E-state index is -1.30. The quantitative estimate of drug-likeness (QED) is 0.926. The first kappa shape index (κ1) is 15.7. The van der Waals surface area contributed by atoms with E-state index >= 15 is 0 Å². The third-order valence-electron chi connectivity index (χ3n) is 3.48. The molecule has 0 aliphatic rings. The van der Waals surface area contributed by atoms with E-state index in [1.807, 2.05) is 50.2 Å². The van der Waals surface area contributed by atoms with Crippen LogP contribution in [0.4, 0.5) is 5.82 Å². The third kappa shape index (κ3) is 3.91. The molecule has 1 atom stereocenters. The van der Waals surface area contributed by atoms with Crippen molar-refractivity contribution in [1.82, 2.24) is 4.98 Å². The molecule has 3 nitrogen and oxygen atoms in total. The lowest BCUT2D eigenvalue weighted by Gasteiger charge is -2.19. The molecule has 0 aliphatic heterocycles. The van der Waals surface area contributed by atoms with Crippen LogP contribution in [-0.2, 0) is 16.4 Å². The highest BCUT2D eigenvalue weighted by atomic mass is 32.2. The summed E-state index contributed by atoms with van der Waals surface area (Å²) in [6.07, 6.45) is 0. The van der Waals surface area contributed by atoms with E-state index in [1.54, 1.807) is 0 Å². The molecule has 0 bridgehead atoms. The van der Waals surface area contributed by atoms with Gasteiger partial charge in [0.2, 0.25) is 0 Å². The van der Waals surface area contributed by atoms with Crippen LogP contribution in [0.2, 0.25) is 0 Å². The molecular formula is C17H22N2OS. The van der Waals surface area contributed by atoms with Crippen molar-refractivity contribution in [2.24, 2.45) is 0 Å². The molecule has 1 unspecified atom stereocenters. The second-order valence-corrected chi connectivity index (χ2v) is 7.46. The Kier molecular flexibility index (Phi) is 4.47. The molecule has 0 aliphatic carbocycles. The number of rotatable bonds is 3. The summed E-state index contributed by atoms with van der Waals surface area (Å²) in [7, 11) is -1.30. The van der Waals surface area contributed by atoms with E-state index < -0.39 is 11.0 Å². The summed E-state index contributed by atoms with van der Waals surface area (Å²) < 4.78 is 15.3. The Hall–Kier alpha value is -1.68. The van der Waals surface area contributed by atoms with E-state index in [0.717, 1.165) is 16.2 Å². The summed E-state index contributed by atoms with van der Waals surface area (Å²) in [6, 6.07) is 11.7. The Bertz CT molecular complexity index is 657. The van der Waals surface area contributed by atoms with Gasteiger partial charge in [0.05, 0.1) is 4.90 Å². The molecule has 0 spiro atoms. The molecule has 1 aromatic carbocycles. The molecular weight excluding hydrogens is 280 g/mol. The Morgan fingerprint density at radius 3 is 2.14 bits per heavy atom. The van der Waals surface area contributed by atoms with E-state index in [4.69, 9.17) is 0 Å². The van der Waals surface area contributed by atoms with Crippen molar-refractivity contribution in [1.29, 1.82) is 0 Å². The van der Waals surface area contributed by atoms with Crippen LogP contribution >= 0.6 is 0 Å². The van der Waals surface area contributed by atoms with Crippen LogP contribution in [0.3, 0.4) is 0 Å². The fraction of sp³-hybridized carbons (Fsp3) is 0.353. The van der Waals surface area contributed by atoms with Crippen LogP contribution in [-0.4, -0.2) is 9.19 Å². The molecule has 0 radical (unpaired) electrons. The van der Waals surface area contributed by atoms with Crippen LogP contribution in [0, 0.1) is 13.8 Å². The predicted octanol–water partition coefficient (Wildman–Crippen LogP) is 4.13. The van der Waals surface area contributed by atoms with Gasteiger partial charge < -0.3 is 0 Å². The van der Waals surface area contributed by atoms with E-state index in [0.29, 0.717) is 5.82 Å². The van der Waals surface area contributed by atoms with Gasteiger partial charge >= 0.3 is 0 Å². The second kappa shape index (κ2) is 5.98. The van der Waals surface area contributed by atoms with Crippen molar-refractivity contribution in [3.05, 3.63) is 53.2 Å². The number of nitrogens with zero attached hydrogens (tertiary/aromatic N) is 1. The van der Waals surface area contributed by atoms with Gasteiger partial charge in [-0.2, -0.15) is 0 Å². The standard InChI is InChI=1S/C17H22N2OS/c1-12-6-11-16(18-13(12)2)19-21(20)15-9-7-14(8-10-15)17(3,4)5/h6-11H,1-5H3,(H,18,19). The Morgan fingerprint density at radius 1 is 1.00 bits per heavy atom. The van der Waals surface area contributed by atoms with Gasteiger partial charge in [-0.25, -0.2) is 9.19 Å². The summed E-state index contributed by atoms with van der Waals surface area (Å²) >= 11 is 0. The van der Waals surface area contributed by atoms with Crippen molar-refractivity contribution in [2.45, 2.75) is 44.9 Å². The molecule has 0 saturated carbocycles. The molecule has 4 heteroatoms. The normalized spacial score (nSPS) is 13.0. The minimum absolute atomic E-state index is 0.100. The molecule has 0 fully saturated rings. The number of aryl methyl sites for hydroxylation is 2. The zero-order chi connectivity index (χ0) is 15.6. The Morgan fingerprint density at radius 2 is 1.62 bits per heavy atom. The molecule has 1 heterocycles. The third-order valence-corrected chi connectivity index (χ3v) is 4.58. The zero-order valence-corrected chi connectivity index (χ0v) is 14.0.